The molecule has 0 aromatic carbocycles. The van der Waals surface area contributed by atoms with E-state index in [-0.39, 0.29) is 0 Å². The van der Waals surface area contributed by atoms with E-state index in [1.807, 2.05) is 0 Å². The summed E-state index contributed by atoms with van der Waals surface area (Å²) in [5.41, 5.74) is 0.736. The Bertz CT molecular complexity index is 189. The van der Waals surface area contributed by atoms with Crippen LogP contribution in [0.5, 0.6) is 0 Å². The molecule has 0 unspecified atom stereocenters. The lowest BCUT2D eigenvalue weighted by molar-refractivity contribution is 0.133. The van der Waals surface area contributed by atoms with Crippen LogP contribution in [0.15, 0.2) is 0 Å². The second-order valence-electron chi connectivity index (χ2n) is 6.07. The first-order valence-electron chi connectivity index (χ1n) is 6.30. The SMILES string of the molecule is CC(C)[C@H]1CC[C@@]2(CCN(C)C2)CC1. The maximum absolute atomic E-state index is 2.52. The molecule has 0 bridgehead atoms. The number of hydrogen-bond donors (Lipinski definition) is 0. The predicted molar refractivity (Wildman–Crippen MR) is 61.3 cm³/mol. The normalized spacial score (nSPS) is 39.9. The fourth-order valence-electron chi connectivity index (χ4n) is 3.49. The van der Waals surface area contributed by atoms with E-state index in [2.05, 4.69) is 25.8 Å². The molecular weight excluding hydrogens is 170 g/mol. The van der Waals surface area contributed by atoms with Crippen LogP contribution in [-0.4, -0.2) is 25.0 Å². The van der Waals surface area contributed by atoms with E-state index < -0.39 is 0 Å². The second-order valence-corrected chi connectivity index (χ2v) is 6.07. The summed E-state index contributed by atoms with van der Waals surface area (Å²) in [6.07, 6.45) is 7.45. The smallest absolute Gasteiger partial charge is 0.00354 e. The minimum atomic E-state index is 0.736. The summed E-state index contributed by atoms with van der Waals surface area (Å²) in [4.78, 5) is 2.52. The van der Waals surface area contributed by atoms with Gasteiger partial charge in [0.15, 0.2) is 0 Å². The van der Waals surface area contributed by atoms with Crippen LogP contribution in [0.25, 0.3) is 0 Å². The van der Waals surface area contributed by atoms with Crippen molar-refractivity contribution in [2.24, 2.45) is 17.3 Å². The Morgan fingerprint density at radius 1 is 1.14 bits per heavy atom. The van der Waals surface area contributed by atoms with Crippen LogP contribution in [0.3, 0.4) is 0 Å². The molecule has 0 aromatic rings. The van der Waals surface area contributed by atoms with Crippen molar-refractivity contribution in [2.45, 2.75) is 46.0 Å². The summed E-state index contributed by atoms with van der Waals surface area (Å²) in [7, 11) is 2.28. The van der Waals surface area contributed by atoms with Crippen LogP contribution < -0.4 is 0 Å². The zero-order chi connectivity index (χ0) is 10.2. The summed E-state index contributed by atoms with van der Waals surface area (Å²) in [6.45, 7) is 7.50. The summed E-state index contributed by atoms with van der Waals surface area (Å²) in [5, 5.41) is 0. The van der Waals surface area contributed by atoms with Crippen molar-refractivity contribution in [1.29, 1.82) is 0 Å². The lowest BCUT2D eigenvalue weighted by atomic mass is 9.67. The van der Waals surface area contributed by atoms with E-state index in [9.17, 15) is 0 Å². The van der Waals surface area contributed by atoms with Gasteiger partial charge in [0.1, 0.15) is 0 Å². The van der Waals surface area contributed by atoms with E-state index in [1.165, 1.54) is 45.2 Å². The lowest BCUT2D eigenvalue weighted by Gasteiger charge is -2.38. The molecule has 1 saturated heterocycles. The van der Waals surface area contributed by atoms with Crippen molar-refractivity contribution < 1.29 is 0 Å². The molecule has 1 nitrogen and oxygen atoms in total. The molecule has 1 saturated carbocycles. The maximum atomic E-state index is 2.52. The van der Waals surface area contributed by atoms with E-state index >= 15 is 0 Å². The molecule has 1 spiro atoms. The zero-order valence-electron chi connectivity index (χ0n) is 10.1. The molecule has 2 fully saturated rings. The Labute approximate surface area is 88.9 Å². The van der Waals surface area contributed by atoms with Gasteiger partial charge in [-0.1, -0.05) is 13.8 Å². The molecule has 0 aromatic heterocycles. The van der Waals surface area contributed by atoms with Gasteiger partial charge in [-0.2, -0.15) is 0 Å². The van der Waals surface area contributed by atoms with Gasteiger partial charge >= 0.3 is 0 Å². The van der Waals surface area contributed by atoms with Gasteiger partial charge in [-0.15, -0.1) is 0 Å². The highest BCUT2D eigenvalue weighted by atomic mass is 15.1. The van der Waals surface area contributed by atoms with Crippen molar-refractivity contribution in [3.05, 3.63) is 0 Å². The third kappa shape index (κ3) is 1.98. The van der Waals surface area contributed by atoms with Crippen molar-refractivity contribution in [2.75, 3.05) is 20.1 Å². The Kier molecular flexibility index (Phi) is 2.88. The Hall–Kier alpha value is -0.0400. The number of hydrogen-bond acceptors (Lipinski definition) is 1. The molecule has 2 rings (SSSR count). The number of nitrogens with zero attached hydrogens (tertiary/aromatic N) is 1. The van der Waals surface area contributed by atoms with Crippen LogP contribution in [0.1, 0.15) is 46.0 Å². The van der Waals surface area contributed by atoms with Crippen LogP contribution >= 0.6 is 0 Å². The second kappa shape index (κ2) is 3.84. The van der Waals surface area contributed by atoms with E-state index in [0.717, 1.165) is 17.3 Å². The molecule has 0 radical (unpaired) electrons. The monoisotopic (exact) mass is 195 g/mol. The van der Waals surface area contributed by atoms with E-state index in [4.69, 9.17) is 0 Å². The van der Waals surface area contributed by atoms with Gasteiger partial charge in [0.05, 0.1) is 0 Å². The molecular formula is C13H25N. The molecule has 0 N–H and O–H groups in total. The highest BCUT2D eigenvalue weighted by molar-refractivity contribution is 4.92. The minimum Gasteiger partial charge on any atom is -0.306 e. The van der Waals surface area contributed by atoms with Gasteiger partial charge < -0.3 is 4.90 Å². The molecule has 14 heavy (non-hydrogen) atoms. The molecule has 1 aliphatic heterocycles. The van der Waals surface area contributed by atoms with Gasteiger partial charge in [-0.3, -0.25) is 0 Å². The van der Waals surface area contributed by atoms with Gasteiger partial charge in [-0.25, -0.2) is 0 Å². The molecule has 0 amide bonds. The zero-order valence-corrected chi connectivity index (χ0v) is 10.1. The fraction of sp³-hybridized carbons (Fsp3) is 1.00. The van der Waals surface area contributed by atoms with Crippen LogP contribution in [0, 0.1) is 17.3 Å². The first-order chi connectivity index (χ1) is 6.61. The van der Waals surface area contributed by atoms with Gasteiger partial charge in [-0.05, 0) is 62.9 Å². The average Bonchev–Trinajstić information content (AvgIpc) is 2.48. The summed E-state index contributed by atoms with van der Waals surface area (Å²) >= 11 is 0. The Morgan fingerprint density at radius 3 is 2.21 bits per heavy atom. The van der Waals surface area contributed by atoms with E-state index in [1.54, 1.807) is 0 Å². The van der Waals surface area contributed by atoms with Crippen molar-refractivity contribution in [3.63, 3.8) is 0 Å². The highest BCUT2D eigenvalue weighted by Crippen LogP contribution is 2.46. The molecule has 0 atom stereocenters. The van der Waals surface area contributed by atoms with Gasteiger partial charge in [0.2, 0.25) is 0 Å². The summed E-state index contributed by atoms with van der Waals surface area (Å²) in [5.74, 6) is 1.93. The molecule has 82 valence electrons. The fourth-order valence-corrected chi connectivity index (χ4v) is 3.49. The van der Waals surface area contributed by atoms with Crippen LogP contribution in [-0.2, 0) is 0 Å². The summed E-state index contributed by atoms with van der Waals surface area (Å²) < 4.78 is 0. The predicted octanol–water partition coefficient (Wildman–Crippen LogP) is 3.15. The van der Waals surface area contributed by atoms with Gasteiger partial charge in [0.25, 0.3) is 0 Å². The minimum absolute atomic E-state index is 0.736. The molecule has 2 aliphatic rings. The molecule has 1 heterocycles. The molecule has 1 heteroatoms. The van der Waals surface area contributed by atoms with E-state index in [0.29, 0.717) is 0 Å². The first-order valence-corrected chi connectivity index (χ1v) is 6.30. The van der Waals surface area contributed by atoms with Crippen LogP contribution in [0.4, 0.5) is 0 Å². The topological polar surface area (TPSA) is 3.24 Å². The maximum Gasteiger partial charge on any atom is 0.00354 e. The standard InChI is InChI=1S/C13H25N/c1-11(2)12-4-6-13(7-5-12)8-9-14(3)10-13/h11-12H,4-10H2,1-3H3/t12-,13-. The Morgan fingerprint density at radius 2 is 1.79 bits per heavy atom. The van der Waals surface area contributed by atoms with Gasteiger partial charge in [0, 0.05) is 6.54 Å². The quantitative estimate of drug-likeness (QED) is 0.621. The van der Waals surface area contributed by atoms with Crippen molar-refractivity contribution >= 4 is 0 Å². The number of rotatable bonds is 1. The van der Waals surface area contributed by atoms with Crippen molar-refractivity contribution in [3.8, 4) is 0 Å². The molecule has 1 aliphatic carbocycles. The summed E-state index contributed by atoms with van der Waals surface area (Å²) in [6, 6.07) is 0. The van der Waals surface area contributed by atoms with Crippen molar-refractivity contribution in [1.82, 2.24) is 4.90 Å². The van der Waals surface area contributed by atoms with Crippen LogP contribution in [0.2, 0.25) is 0 Å². The third-order valence-corrected chi connectivity index (χ3v) is 4.66. The largest absolute Gasteiger partial charge is 0.306 e. The lowest BCUT2D eigenvalue weighted by Crippen LogP contribution is -2.31. The third-order valence-electron chi connectivity index (χ3n) is 4.66. The Balaban J connectivity index is 1.89. The highest BCUT2D eigenvalue weighted by Gasteiger charge is 2.39. The first kappa shape index (κ1) is 10.5. The number of likely N-dealkylation sites (tertiary alicyclic amines) is 1. The average molecular weight is 195 g/mol.